The minimum Gasteiger partial charge on any atom is -0.312 e. The second-order valence-corrected chi connectivity index (χ2v) is 7.53. The van der Waals surface area contributed by atoms with Crippen LogP contribution in [0.1, 0.15) is 39.0 Å². The lowest BCUT2D eigenvalue weighted by molar-refractivity contribution is 0.434. The lowest BCUT2D eigenvalue weighted by atomic mass is 10.0. The first-order valence-corrected chi connectivity index (χ1v) is 9.07. The molecule has 0 bridgehead atoms. The molecule has 110 valence electrons. The highest BCUT2D eigenvalue weighted by molar-refractivity contribution is 7.89. The van der Waals surface area contributed by atoms with Gasteiger partial charge in [0.15, 0.2) is 0 Å². The van der Waals surface area contributed by atoms with Crippen LogP contribution in [0.4, 0.5) is 0 Å². The molecule has 0 aromatic carbocycles. The maximum absolute atomic E-state index is 12.2. The lowest BCUT2D eigenvalue weighted by Gasteiger charge is -2.19. The summed E-state index contributed by atoms with van der Waals surface area (Å²) in [5.74, 6) is 0.328. The molecule has 1 rings (SSSR count). The van der Waals surface area contributed by atoms with Crippen LogP contribution in [-0.4, -0.2) is 21.0 Å². The molecule has 1 aromatic heterocycles. The first-order chi connectivity index (χ1) is 8.90. The van der Waals surface area contributed by atoms with Gasteiger partial charge in [0.25, 0.3) is 0 Å². The Morgan fingerprint density at radius 1 is 1.32 bits per heavy atom. The fourth-order valence-electron chi connectivity index (χ4n) is 1.62. The molecule has 4 nitrogen and oxygen atoms in total. The van der Waals surface area contributed by atoms with Crippen molar-refractivity contribution in [1.29, 1.82) is 0 Å². The van der Waals surface area contributed by atoms with E-state index in [9.17, 15) is 8.42 Å². The van der Waals surface area contributed by atoms with Crippen LogP contribution in [0.2, 0.25) is 0 Å². The van der Waals surface area contributed by atoms with Gasteiger partial charge in [-0.05, 0) is 25.5 Å². The standard InChI is InChI=1S/C13H24N2O2S2/c1-5-10(3)11(4)15-19(16,17)13-7-12(18-9-13)8-14-6-2/h7,9-11,14-15H,5-6,8H2,1-4H3. The highest BCUT2D eigenvalue weighted by Crippen LogP contribution is 2.20. The number of nitrogens with one attached hydrogen (secondary N) is 2. The molecule has 0 aliphatic rings. The zero-order valence-electron chi connectivity index (χ0n) is 12.1. The number of hydrogen-bond acceptors (Lipinski definition) is 4. The molecule has 0 amide bonds. The van der Waals surface area contributed by atoms with E-state index in [1.54, 1.807) is 11.4 Å². The SMILES string of the molecule is CCNCc1cc(S(=O)(=O)NC(C)C(C)CC)cs1. The zero-order valence-corrected chi connectivity index (χ0v) is 13.7. The van der Waals surface area contributed by atoms with Crippen molar-refractivity contribution in [2.75, 3.05) is 6.54 Å². The average molecular weight is 304 g/mol. The molecule has 2 N–H and O–H groups in total. The summed E-state index contributed by atoms with van der Waals surface area (Å²) in [6, 6.07) is 1.70. The second kappa shape index (κ2) is 7.38. The summed E-state index contributed by atoms with van der Waals surface area (Å²) in [5, 5.41) is 4.90. The van der Waals surface area contributed by atoms with E-state index in [4.69, 9.17) is 0 Å². The molecule has 2 unspecified atom stereocenters. The van der Waals surface area contributed by atoms with Crippen molar-refractivity contribution in [3.63, 3.8) is 0 Å². The first-order valence-electron chi connectivity index (χ1n) is 6.71. The molecule has 6 heteroatoms. The Bertz CT molecular complexity index is 483. The quantitative estimate of drug-likeness (QED) is 0.776. The van der Waals surface area contributed by atoms with Gasteiger partial charge < -0.3 is 5.32 Å². The summed E-state index contributed by atoms with van der Waals surface area (Å²) in [5.41, 5.74) is 0. The summed E-state index contributed by atoms with van der Waals surface area (Å²) in [6.07, 6.45) is 0.957. The van der Waals surface area contributed by atoms with E-state index in [1.807, 2.05) is 13.8 Å². The molecule has 0 aliphatic carbocycles. The largest absolute Gasteiger partial charge is 0.312 e. The topological polar surface area (TPSA) is 58.2 Å². The molecule has 0 saturated heterocycles. The van der Waals surface area contributed by atoms with E-state index in [0.717, 1.165) is 24.4 Å². The molecule has 1 aromatic rings. The Morgan fingerprint density at radius 3 is 2.58 bits per heavy atom. The van der Waals surface area contributed by atoms with Gasteiger partial charge >= 0.3 is 0 Å². The maximum Gasteiger partial charge on any atom is 0.241 e. The molecule has 0 radical (unpaired) electrons. The second-order valence-electron chi connectivity index (χ2n) is 4.82. The van der Waals surface area contributed by atoms with Crippen molar-refractivity contribution >= 4 is 21.4 Å². The summed E-state index contributed by atoms with van der Waals surface area (Å²) < 4.78 is 27.2. The molecular weight excluding hydrogens is 280 g/mol. The van der Waals surface area contributed by atoms with Crippen molar-refractivity contribution < 1.29 is 8.42 Å². The fraction of sp³-hybridized carbons (Fsp3) is 0.692. The molecule has 1 heterocycles. The van der Waals surface area contributed by atoms with Gasteiger partial charge in [-0.15, -0.1) is 11.3 Å². The Balaban J connectivity index is 2.74. The van der Waals surface area contributed by atoms with Crippen molar-refractivity contribution in [2.24, 2.45) is 5.92 Å². The molecule has 0 aliphatic heterocycles. The van der Waals surface area contributed by atoms with E-state index in [-0.39, 0.29) is 6.04 Å². The lowest BCUT2D eigenvalue weighted by Crippen LogP contribution is -2.36. The predicted molar refractivity (Wildman–Crippen MR) is 80.9 cm³/mol. The third kappa shape index (κ3) is 4.87. The number of rotatable bonds is 8. The minimum atomic E-state index is -3.39. The molecule has 19 heavy (non-hydrogen) atoms. The normalized spacial score (nSPS) is 15.4. The smallest absolute Gasteiger partial charge is 0.241 e. The highest BCUT2D eigenvalue weighted by Gasteiger charge is 2.21. The maximum atomic E-state index is 12.2. The van der Waals surface area contributed by atoms with Gasteiger partial charge in [0.2, 0.25) is 10.0 Å². The van der Waals surface area contributed by atoms with Gasteiger partial charge in [-0.25, -0.2) is 13.1 Å². The minimum absolute atomic E-state index is 0.0490. The molecule has 0 spiro atoms. The van der Waals surface area contributed by atoms with Crippen molar-refractivity contribution in [3.05, 3.63) is 16.3 Å². The predicted octanol–water partition coefficient (Wildman–Crippen LogP) is 2.57. The summed E-state index contributed by atoms with van der Waals surface area (Å²) >= 11 is 1.48. The van der Waals surface area contributed by atoms with E-state index < -0.39 is 10.0 Å². The molecular formula is C13H24N2O2S2. The Hall–Kier alpha value is -0.430. The van der Waals surface area contributed by atoms with Gasteiger partial charge in [0.05, 0.1) is 4.90 Å². The van der Waals surface area contributed by atoms with E-state index in [1.165, 1.54) is 11.3 Å². The van der Waals surface area contributed by atoms with Crippen LogP contribution >= 0.6 is 11.3 Å². The van der Waals surface area contributed by atoms with Crippen molar-refractivity contribution in [3.8, 4) is 0 Å². The van der Waals surface area contributed by atoms with Gasteiger partial charge in [0, 0.05) is 22.8 Å². The summed E-state index contributed by atoms with van der Waals surface area (Å²) in [4.78, 5) is 1.42. The third-order valence-electron chi connectivity index (χ3n) is 3.33. The Morgan fingerprint density at radius 2 is 2.00 bits per heavy atom. The summed E-state index contributed by atoms with van der Waals surface area (Å²) in [6.45, 7) is 9.66. The van der Waals surface area contributed by atoms with E-state index >= 15 is 0 Å². The molecule has 0 fully saturated rings. The zero-order chi connectivity index (χ0) is 14.5. The van der Waals surface area contributed by atoms with Crippen LogP contribution in [0.3, 0.4) is 0 Å². The van der Waals surface area contributed by atoms with Gasteiger partial charge in [-0.2, -0.15) is 0 Å². The highest BCUT2D eigenvalue weighted by atomic mass is 32.2. The summed E-state index contributed by atoms with van der Waals surface area (Å²) in [7, 11) is -3.39. The third-order valence-corrected chi connectivity index (χ3v) is 5.95. The first kappa shape index (κ1) is 16.6. The molecule has 2 atom stereocenters. The van der Waals surface area contributed by atoms with Crippen LogP contribution < -0.4 is 10.0 Å². The van der Waals surface area contributed by atoms with Crippen LogP contribution in [0.15, 0.2) is 16.3 Å². The monoisotopic (exact) mass is 304 g/mol. The average Bonchev–Trinajstić information content (AvgIpc) is 2.84. The van der Waals surface area contributed by atoms with Gasteiger partial charge in [-0.1, -0.05) is 27.2 Å². The van der Waals surface area contributed by atoms with Gasteiger partial charge in [-0.3, -0.25) is 0 Å². The van der Waals surface area contributed by atoms with Crippen LogP contribution in [0, 0.1) is 5.92 Å². The van der Waals surface area contributed by atoms with Crippen LogP contribution in [-0.2, 0) is 16.6 Å². The van der Waals surface area contributed by atoms with E-state index in [2.05, 4.69) is 23.9 Å². The number of sulfonamides is 1. The van der Waals surface area contributed by atoms with Crippen LogP contribution in [0.5, 0.6) is 0 Å². The number of thiophene rings is 1. The Labute approximate surface area is 120 Å². The van der Waals surface area contributed by atoms with Crippen molar-refractivity contribution in [1.82, 2.24) is 10.0 Å². The number of hydrogen-bond donors (Lipinski definition) is 2. The fourth-order valence-corrected chi connectivity index (χ4v) is 4.22. The molecule has 0 saturated carbocycles. The Kier molecular flexibility index (Phi) is 6.46. The van der Waals surface area contributed by atoms with Crippen LogP contribution in [0.25, 0.3) is 0 Å². The van der Waals surface area contributed by atoms with Gasteiger partial charge in [0.1, 0.15) is 0 Å². The van der Waals surface area contributed by atoms with Crippen molar-refractivity contribution in [2.45, 2.75) is 51.6 Å². The van der Waals surface area contributed by atoms with E-state index in [0.29, 0.717) is 10.8 Å².